The van der Waals surface area contributed by atoms with Crippen molar-refractivity contribution in [3.05, 3.63) is 82.4 Å². The van der Waals surface area contributed by atoms with E-state index < -0.39 is 0 Å². The average Bonchev–Trinajstić information content (AvgIpc) is 3.20. The van der Waals surface area contributed by atoms with Crippen LogP contribution < -0.4 is 9.80 Å². The standard InChI is InChI=1S/C34H42N2/c1-31(2,3)22-13-15-23(16-14-22)35-21-36-26-18-17-24-28(33(6,7)20-19-32(24,4)5)29(26)34(8,9)25-11-10-12-27(35)30(25)36/h10-18H,19-21H2,1-9H3. The van der Waals surface area contributed by atoms with Crippen LogP contribution in [0.2, 0.25) is 0 Å². The van der Waals surface area contributed by atoms with Crippen molar-refractivity contribution in [1.82, 2.24) is 0 Å². The van der Waals surface area contributed by atoms with Gasteiger partial charge in [0.1, 0.15) is 6.67 Å². The summed E-state index contributed by atoms with van der Waals surface area (Å²) in [5, 5.41) is 0. The van der Waals surface area contributed by atoms with Gasteiger partial charge in [0.05, 0.1) is 11.4 Å². The summed E-state index contributed by atoms with van der Waals surface area (Å²) in [7, 11) is 0. The molecule has 0 bridgehead atoms. The summed E-state index contributed by atoms with van der Waals surface area (Å²) < 4.78 is 0. The molecular weight excluding hydrogens is 436 g/mol. The third-order valence-corrected chi connectivity index (χ3v) is 9.46. The summed E-state index contributed by atoms with van der Waals surface area (Å²) in [6, 6.07) is 21.1. The summed E-state index contributed by atoms with van der Waals surface area (Å²) >= 11 is 0. The van der Waals surface area contributed by atoms with Crippen molar-refractivity contribution in [1.29, 1.82) is 0 Å². The molecule has 6 rings (SSSR count). The zero-order chi connectivity index (χ0) is 25.8. The molecule has 0 spiro atoms. The van der Waals surface area contributed by atoms with Crippen LogP contribution >= 0.6 is 0 Å². The molecule has 3 aromatic rings. The Morgan fingerprint density at radius 1 is 0.639 bits per heavy atom. The number of benzene rings is 3. The van der Waals surface area contributed by atoms with E-state index in [0.717, 1.165) is 6.67 Å². The zero-order valence-electron chi connectivity index (χ0n) is 23.7. The van der Waals surface area contributed by atoms with Gasteiger partial charge in [-0.05, 0) is 81.2 Å². The van der Waals surface area contributed by atoms with Gasteiger partial charge in [0.2, 0.25) is 0 Å². The average molecular weight is 479 g/mol. The van der Waals surface area contributed by atoms with Crippen molar-refractivity contribution >= 4 is 22.7 Å². The van der Waals surface area contributed by atoms with Gasteiger partial charge in [0, 0.05) is 16.8 Å². The third kappa shape index (κ3) is 3.15. The lowest BCUT2D eigenvalue weighted by Gasteiger charge is -2.49. The van der Waals surface area contributed by atoms with Gasteiger partial charge in [-0.25, -0.2) is 0 Å². The molecule has 0 saturated heterocycles. The van der Waals surface area contributed by atoms with E-state index in [2.05, 4.69) is 127 Å². The van der Waals surface area contributed by atoms with E-state index in [1.807, 2.05) is 0 Å². The van der Waals surface area contributed by atoms with Gasteiger partial charge >= 0.3 is 0 Å². The monoisotopic (exact) mass is 478 g/mol. The molecule has 2 heterocycles. The van der Waals surface area contributed by atoms with Crippen LogP contribution in [0.3, 0.4) is 0 Å². The molecule has 36 heavy (non-hydrogen) atoms. The highest BCUT2D eigenvalue weighted by molar-refractivity contribution is 5.94. The van der Waals surface area contributed by atoms with Crippen LogP contribution in [0.25, 0.3) is 0 Å². The van der Waals surface area contributed by atoms with Crippen LogP contribution in [0.4, 0.5) is 22.7 Å². The summed E-state index contributed by atoms with van der Waals surface area (Å²) in [5.74, 6) is 0. The van der Waals surface area contributed by atoms with E-state index in [-0.39, 0.29) is 21.7 Å². The molecule has 0 N–H and O–H groups in total. The Morgan fingerprint density at radius 2 is 1.31 bits per heavy atom. The summed E-state index contributed by atoms with van der Waals surface area (Å²) in [6.07, 6.45) is 2.48. The van der Waals surface area contributed by atoms with Crippen LogP contribution in [0.5, 0.6) is 0 Å². The predicted octanol–water partition coefficient (Wildman–Crippen LogP) is 9.22. The Balaban J connectivity index is 1.55. The van der Waals surface area contributed by atoms with Gasteiger partial charge in [-0.2, -0.15) is 0 Å². The number of rotatable bonds is 1. The van der Waals surface area contributed by atoms with Crippen LogP contribution in [0.1, 0.15) is 103 Å². The first kappa shape index (κ1) is 23.6. The lowest BCUT2D eigenvalue weighted by atomic mass is 9.58. The molecule has 0 radical (unpaired) electrons. The summed E-state index contributed by atoms with van der Waals surface area (Å²) in [5.41, 5.74) is 13.4. The minimum atomic E-state index is -0.0562. The first-order valence-electron chi connectivity index (χ1n) is 13.7. The molecule has 3 aromatic carbocycles. The summed E-state index contributed by atoms with van der Waals surface area (Å²) in [4.78, 5) is 5.10. The Labute approximate surface area is 218 Å². The van der Waals surface area contributed by atoms with Crippen LogP contribution in [0, 0.1) is 0 Å². The number of anilines is 4. The highest BCUT2D eigenvalue weighted by Gasteiger charge is 2.48. The topological polar surface area (TPSA) is 6.48 Å². The Morgan fingerprint density at radius 3 is 1.97 bits per heavy atom. The largest absolute Gasteiger partial charge is 0.321 e. The minimum Gasteiger partial charge on any atom is -0.321 e. The van der Waals surface area contributed by atoms with Crippen molar-refractivity contribution in [2.24, 2.45) is 0 Å². The van der Waals surface area contributed by atoms with Gasteiger partial charge in [0.15, 0.2) is 0 Å². The first-order valence-corrected chi connectivity index (χ1v) is 13.7. The molecule has 2 aliphatic heterocycles. The van der Waals surface area contributed by atoms with Gasteiger partial charge < -0.3 is 9.80 Å². The van der Waals surface area contributed by atoms with E-state index >= 15 is 0 Å². The smallest absolute Gasteiger partial charge is 0.100 e. The maximum atomic E-state index is 2.60. The van der Waals surface area contributed by atoms with Crippen LogP contribution in [0.15, 0.2) is 54.6 Å². The number of fused-ring (bicyclic) bond motifs is 4. The van der Waals surface area contributed by atoms with Crippen molar-refractivity contribution in [2.75, 3.05) is 16.5 Å². The Bertz CT molecular complexity index is 1370. The predicted molar refractivity (Wildman–Crippen MR) is 155 cm³/mol. The molecule has 0 amide bonds. The lowest BCUT2D eigenvalue weighted by molar-refractivity contribution is 0.326. The van der Waals surface area contributed by atoms with E-state index in [0.29, 0.717) is 0 Å². The van der Waals surface area contributed by atoms with Crippen molar-refractivity contribution in [3.8, 4) is 0 Å². The zero-order valence-corrected chi connectivity index (χ0v) is 23.7. The molecule has 0 saturated carbocycles. The fourth-order valence-corrected chi connectivity index (χ4v) is 7.12. The molecule has 0 atom stereocenters. The molecule has 0 unspecified atom stereocenters. The second-order valence-corrected chi connectivity index (χ2v) is 14.2. The second-order valence-electron chi connectivity index (χ2n) is 14.2. The van der Waals surface area contributed by atoms with E-state index in [4.69, 9.17) is 0 Å². The van der Waals surface area contributed by atoms with Gasteiger partial charge in [-0.15, -0.1) is 0 Å². The van der Waals surface area contributed by atoms with E-state index in [9.17, 15) is 0 Å². The van der Waals surface area contributed by atoms with Crippen molar-refractivity contribution in [3.63, 3.8) is 0 Å². The molecule has 188 valence electrons. The number of hydrogen-bond donors (Lipinski definition) is 0. The number of hydrogen-bond acceptors (Lipinski definition) is 2. The maximum absolute atomic E-state index is 2.60. The molecule has 2 heteroatoms. The van der Waals surface area contributed by atoms with Gasteiger partial charge in [0.25, 0.3) is 0 Å². The normalized spacial score (nSPS) is 20.6. The Kier molecular flexibility index (Phi) is 4.72. The Hall–Kier alpha value is -2.74. The van der Waals surface area contributed by atoms with E-state index in [1.54, 1.807) is 16.7 Å². The first-order chi connectivity index (χ1) is 16.7. The molecule has 3 aliphatic rings. The molecule has 2 nitrogen and oxygen atoms in total. The minimum absolute atomic E-state index is 0.0562. The van der Waals surface area contributed by atoms with Gasteiger partial charge in [-0.3, -0.25) is 0 Å². The molecule has 1 aliphatic carbocycles. The van der Waals surface area contributed by atoms with Crippen molar-refractivity contribution in [2.45, 2.75) is 96.8 Å². The fourth-order valence-electron chi connectivity index (χ4n) is 7.12. The quantitative estimate of drug-likeness (QED) is 0.344. The van der Waals surface area contributed by atoms with Crippen LogP contribution in [-0.4, -0.2) is 6.67 Å². The van der Waals surface area contributed by atoms with E-state index in [1.165, 1.54) is 46.7 Å². The highest BCUT2D eigenvalue weighted by Crippen LogP contribution is 2.60. The fraction of sp³-hybridized carbons (Fsp3) is 0.471. The number of nitrogens with zero attached hydrogens (tertiary/aromatic N) is 2. The number of para-hydroxylation sites is 1. The highest BCUT2D eigenvalue weighted by atomic mass is 15.4. The molecular formula is C34H42N2. The van der Waals surface area contributed by atoms with Gasteiger partial charge in [-0.1, -0.05) is 92.6 Å². The van der Waals surface area contributed by atoms with Crippen molar-refractivity contribution < 1.29 is 0 Å². The maximum Gasteiger partial charge on any atom is 0.100 e. The third-order valence-electron chi connectivity index (χ3n) is 9.46. The molecule has 0 fully saturated rings. The second kappa shape index (κ2) is 7.18. The SMILES string of the molecule is CC(C)(C)c1ccc(N2CN3c4ccc5c(c4C(C)(C)c4cccc2c43)C(C)(C)CCC5(C)C)cc1. The molecule has 0 aromatic heterocycles. The van der Waals surface area contributed by atoms with Crippen LogP contribution in [-0.2, 0) is 21.7 Å². The lowest BCUT2D eigenvalue weighted by Crippen LogP contribution is -2.40. The summed E-state index contributed by atoms with van der Waals surface area (Å²) in [6.45, 7) is 22.4.